The van der Waals surface area contributed by atoms with Gasteiger partial charge >= 0.3 is 5.97 Å². The molecule has 7 heteroatoms. The Morgan fingerprint density at radius 2 is 1.59 bits per heavy atom. The van der Waals surface area contributed by atoms with Gasteiger partial charge in [-0.05, 0) is 42.8 Å². The molecule has 138 valence electrons. The number of hydrogen-bond donors (Lipinski definition) is 0. The van der Waals surface area contributed by atoms with Gasteiger partial charge < -0.3 is 9.47 Å². The van der Waals surface area contributed by atoms with Crippen LogP contribution in [-0.4, -0.2) is 48.7 Å². The molecule has 3 rings (SSSR count). The summed E-state index contributed by atoms with van der Waals surface area (Å²) in [4.78, 5) is 47.8. The molecule has 0 spiro atoms. The molecule has 0 saturated heterocycles. The topological polar surface area (TPSA) is 90.0 Å². The first-order chi connectivity index (χ1) is 13.1. The second kappa shape index (κ2) is 8.27. The van der Waals surface area contributed by atoms with Crippen molar-refractivity contribution in [3.63, 3.8) is 0 Å². The van der Waals surface area contributed by atoms with Gasteiger partial charge in [0, 0.05) is 12.1 Å². The summed E-state index contributed by atoms with van der Waals surface area (Å²) < 4.78 is 10.3. The highest BCUT2D eigenvalue weighted by Crippen LogP contribution is 2.22. The van der Waals surface area contributed by atoms with E-state index in [2.05, 4.69) is 0 Å². The molecule has 0 aliphatic carbocycles. The molecule has 1 aliphatic rings. The number of fused-ring (bicyclic) bond motifs is 1. The number of hydrogen-bond acceptors (Lipinski definition) is 6. The molecule has 0 unspecified atom stereocenters. The average Bonchev–Trinajstić information content (AvgIpc) is 2.95. The van der Waals surface area contributed by atoms with E-state index in [1.54, 1.807) is 48.5 Å². The van der Waals surface area contributed by atoms with Crippen molar-refractivity contribution in [1.82, 2.24) is 4.90 Å². The van der Waals surface area contributed by atoms with Crippen LogP contribution in [0.25, 0.3) is 0 Å². The lowest BCUT2D eigenvalue weighted by atomic mass is 10.1. The van der Waals surface area contributed by atoms with Crippen molar-refractivity contribution in [1.29, 1.82) is 0 Å². The molecule has 0 fully saturated rings. The number of esters is 1. The van der Waals surface area contributed by atoms with Crippen LogP contribution in [0.3, 0.4) is 0 Å². The van der Waals surface area contributed by atoms with E-state index in [1.807, 2.05) is 0 Å². The first kappa shape index (κ1) is 18.3. The number of aldehydes is 1. The van der Waals surface area contributed by atoms with E-state index in [4.69, 9.17) is 9.47 Å². The van der Waals surface area contributed by atoms with E-state index < -0.39 is 5.97 Å². The number of rotatable bonds is 8. The lowest BCUT2D eigenvalue weighted by Gasteiger charge is -2.13. The molecule has 2 aromatic rings. The third kappa shape index (κ3) is 4.20. The van der Waals surface area contributed by atoms with Crippen LogP contribution in [0, 0.1) is 0 Å². The molecule has 1 heterocycles. The summed E-state index contributed by atoms with van der Waals surface area (Å²) in [6, 6.07) is 13.0. The van der Waals surface area contributed by atoms with E-state index in [0.29, 0.717) is 35.1 Å². The molecule has 2 amide bonds. The van der Waals surface area contributed by atoms with Crippen molar-refractivity contribution >= 4 is 24.1 Å². The van der Waals surface area contributed by atoms with Crippen LogP contribution >= 0.6 is 0 Å². The minimum atomic E-state index is -0.558. The van der Waals surface area contributed by atoms with Crippen molar-refractivity contribution in [2.45, 2.75) is 6.42 Å². The molecule has 0 aromatic heterocycles. The van der Waals surface area contributed by atoms with E-state index in [1.165, 1.54) is 0 Å². The second-order valence-electron chi connectivity index (χ2n) is 5.86. The van der Waals surface area contributed by atoms with Gasteiger partial charge in [0.2, 0.25) is 0 Å². The van der Waals surface area contributed by atoms with Crippen molar-refractivity contribution in [3.8, 4) is 5.75 Å². The SMILES string of the molecule is O=Cc1ccc(OCC(=O)OCCCN2C(=O)c3ccccc3C2=O)cc1. The van der Waals surface area contributed by atoms with Gasteiger partial charge in [0.1, 0.15) is 12.0 Å². The van der Waals surface area contributed by atoms with Gasteiger partial charge in [0.05, 0.1) is 17.7 Å². The Hall–Kier alpha value is -3.48. The van der Waals surface area contributed by atoms with Crippen LogP contribution in [-0.2, 0) is 9.53 Å². The van der Waals surface area contributed by atoms with Crippen molar-refractivity contribution in [2.75, 3.05) is 19.8 Å². The van der Waals surface area contributed by atoms with Gasteiger partial charge in [-0.2, -0.15) is 0 Å². The average molecular weight is 367 g/mol. The number of amides is 2. The zero-order valence-corrected chi connectivity index (χ0v) is 14.4. The van der Waals surface area contributed by atoms with Crippen LogP contribution in [0.15, 0.2) is 48.5 Å². The molecular weight excluding hydrogens is 350 g/mol. The second-order valence-corrected chi connectivity index (χ2v) is 5.86. The fourth-order valence-corrected chi connectivity index (χ4v) is 2.68. The number of benzene rings is 2. The maximum absolute atomic E-state index is 12.2. The van der Waals surface area contributed by atoms with Gasteiger partial charge in [-0.1, -0.05) is 12.1 Å². The van der Waals surface area contributed by atoms with Gasteiger partial charge in [-0.15, -0.1) is 0 Å². The van der Waals surface area contributed by atoms with Crippen LogP contribution in [0.2, 0.25) is 0 Å². The Kier molecular flexibility index (Phi) is 5.61. The lowest BCUT2D eigenvalue weighted by molar-refractivity contribution is -0.146. The predicted molar refractivity (Wildman–Crippen MR) is 94.7 cm³/mol. The number of nitrogens with zero attached hydrogens (tertiary/aromatic N) is 1. The van der Waals surface area contributed by atoms with Gasteiger partial charge in [-0.3, -0.25) is 19.3 Å². The molecule has 7 nitrogen and oxygen atoms in total. The van der Waals surface area contributed by atoms with E-state index in [0.717, 1.165) is 4.90 Å². The number of ether oxygens (including phenoxy) is 2. The lowest BCUT2D eigenvalue weighted by Crippen LogP contribution is -2.31. The van der Waals surface area contributed by atoms with Gasteiger partial charge in [0.15, 0.2) is 6.61 Å². The Bertz CT molecular complexity index is 839. The number of carbonyl (C=O) groups excluding carboxylic acids is 4. The number of imide groups is 1. The third-order valence-electron chi connectivity index (χ3n) is 4.04. The van der Waals surface area contributed by atoms with Crippen molar-refractivity contribution < 1.29 is 28.7 Å². The van der Waals surface area contributed by atoms with E-state index >= 15 is 0 Å². The molecule has 1 aliphatic heterocycles. The fourth-order valence-electron chi connectivity index (χ4n) is 2.68. The first-order valence-corrected chi connectivity index (χ1v) is 8.39. The molecule has 27 heavy (non-hydrogen) atoms. The molecule has 0 saturated carbocycles. The fraction of sp³-hybridized carbons (Fsp3) is 0.200. The van der Waals surface area contributed by atoms with Crippen LogP contribution in [0.5, 0.6) is 5.75 Å². The summed E-state index contributed by atoms with van der Waals surface area (Å²) in [5, 5.41) is 0. The van der Waals surface area contributed by atoms with Gasteiger partial charge in [0.25, 0.3) is 11.8 Å². The summed E-state index contributed by atoms with van der Waals surface area (Å²) in [6.07, 6.45) is 1.05. The van der Waals surface area contributed by atoms with Gasteiger partial charge in [-0.25, -0.2) is 4.79 Å². The summed E-state index contributed by atoms with van der Waals surface area (Å²) in [5.41, 5.74) is 1.31. The van der Waals surface area contributed by atoms with E-state index in [-0.39, 0.29) is 31.6 Å². The molecular formula is C20H17NO6. The first-order valence-electron chi connectivity index (χ1n) is 8.39. The summed E-state index contributed by atoms with van der Waals surface area (Å²) in [6.45, 7) is -0.0270. The zero-order chi connectivity index (χ0) is 19.2. The van der Waals surface area contributed by atoms with Crippen LogP contribution in [0.1, 0.15) is 37.5 Å². The summed E-state index contributed by atoms with van der Waals surface area (Å²) in [5.74, 6) is -0.770. The minimum absolute atomic E-state index is 0.0691. The van der Waals surface area contributed by atoms with Crippen LogP contribution < -0.4 is 4.74 Å². The summed E-state index contributed by atoms with van der Waals surface area (Å²) in [7, 11) is 0. The Morgan fingerprint density at radius 1 is 0.963 bits per heavy atom. The van der Waals surface area contributed by atoms with E-state index in [9.17, 15) is 19.2 Å². The highest BCUT2D eigenvalue weighted by molar-refractivity contribution is 6.21. The smallest absolute Gasteiger partial charge is 0.344 e. The Morgan fingerprint density at radius 3 is 2.19 bits per heavy atom. The number of carbonyl (C=O) groups is 4. The molecule has 0 radical (unpaired) electrons. The molecule has 0 atom stereocenters. The highest BCUT2D eigenvalue weighted by atomic mass is 16.6. The quantitative estimate of drug-likeness (QED) is 0.307. The van der Waals surface area contributed by atoms with Crippen molar-refractivity contribution in [2.24, 2.45) is 0 Å². The maximum atomic E-state index is 12.2. The Labute approximate surface area is 155 Å². The summed E-state index contributed by atoms with van der Waals surface area (Å²) >= 11 is 0. The third-order valence-corrected chi connectivity index (χ3v) is 4.04. The standard InChI is InChI=1S/C20H17NO6/c22-12-14-6-8-15(9-7-14)27-13-18(23)26-11-3-10-21-19(24)16-4-1-2-5-17(16)20(21)25/h1-2,4-9,12H,3,10-11,13H2. The minimum Gasteiger partial charge on any atom is -0.482 e. The molecule has 0 N–H and O–H groups in total. The normalized spacial score (nSPS) is 12.7. The largest absolute Gasteiger partial charge is 0.482 e. The van der Waals surface area contributed by atoms with Crippen LogP contribution in [0.4, 0.5) is 0 Å². The maximum Gasteiger partial charge on any atom is 0.344 e. The predicted octanol–water partition coefficient (Wildman–Crippen LogP) is 2.11. The highest BCUT2D eigenvalue weighted by Gasteiger charge is 2.34. The monoisotopic (exact) mass is 367 g/mol. The van der Waals surface area contributed by atoms with Crippen molar-refractivity contribution in [3.05, 3.63) is 65.2 Å². The zero-order valence-electron chi connectivity index (χ0n) is 14.4. The molecule has 0 bridgehead atoms. The Balaban J connectivity index is 1.39. The molecule has 2 aromatic carbocycles.